The van der Waals surface area contributed by atoms with Gasteiger partial charge in [0.25, 0.3) is 5.91 Å². The molecule has 8 heteroatoms. The van der Waals surface area contributed by atoms with Crippen LogP contribution in [0, 0.1) is 5.92 Å². The molecule has 1 fully saturated rings. The molecular weight excluding hydrogens is 454 g/mol. The molecule has 2 N–H and O–H groups in total. The summed E-state index contributed by atoms with van der Waals surface area (Å²) in [7, 11) is 1.60. The molecule has 0 radical (unpaired) electrons. The van der Waals surface area contributed by atoms with Gasteiger partial charge in [-0.3, -0.25) is 14.4 Å². The maximum absolute atomic E-state index is 13.3. The zero-order valence-corrected chi connectivity index (χ0v) is 20.7. The van der Waals surface area contributed by atoms with Gasteiger partial charge in [-0.05, 0) is 48.7 Å². The van der Waals surface area contributed by atoms with E-state index < -0.39 is 5.92 Å². The van der Waals surface area contributed by atoms with Crippen LogP contribution in [0.15, 0.2) is 42.5 Å². The van der Waals surface area contributed by atoms with Gasteiger partial charge in [0.15, 0.2) is 0 Å². The molecule has 1 saturated heterocycles. The van der Waals surface area contributed by atoms with Crippen LogP contribution in [0.5, 0.6) is 5.75 Å². The Morgan fingerprint density at radius 3 is 2.47 bits per heavy atom. The molecule has 3 rings (SSSR count). The Morgan fingerprint density at radius 1 is 1.12 bits per heavy atom. The number of hydrogen-bond donors (Lipinski definition) is 2. The first-order valence-corrected chi connectivity index (χ1v) is 12.1. The van der Waals surface area contributed by atoms with Gasteiger partial charge in [0.05, 0.1) is 29.7 Å². The van der Waals surface area contributed by atoms with E-state index in [0.717, 1.165) is 24.8 Å². The number of carbonyl (C=O) groups is 3. The highest BCUT2D eigenvalue weighted by atomic mass is 35.5. The predicted octanol–water partition coefficient (Wildman–Crippen LogP) is 4.82. The summed E-state index contributed by atoms with van der Waals surface area (Å²) >= 11 is 6.32. The molecule has 3 amide bonds. The number of benzene rings is 2. The highest BCUT2D eigenvalue weighted by Crippen LogP contribution is 2.39. The van der Waals surface area contributed by atoms with E-state index in [1.54, 1.807) is 25.3 Å². The Kier molecular flexibility index (Phi) is 8.93. The monoisotopic (exact) mass is 485 g/mol. The minimum absolute atomic E-state index is 0.0320. The Labute approximate surface area is 205 Å². The third-order valence-electron chi connectivity index (χ3n) is 6.00. The van der Waals surface area contributed by atoms with E-state index in [9.17, 15) is 14.4 Å². The summed E-state index contributed by atoms with van der Waals surface area (Å²) in [5.74, 6) is -0.379. The number of unbranched alkanes of at least 4 members (excludes halogenated alkanes) is 1. The predicted molar refractivity (Wildman–Crippen MR) is 133 cm³/mol. The van der Waals surface area contributed by atoms with Crippen LogP contribution in [0.25, 0.3) is 0 Å². The number of likely N-dealkylation sites (tertiary alicyclic amines) is 1. The molecule has 2 aromatic carbocycles. The molecule has 34 heavy (non-hydrogen) atoms. The molecule has 0 spiro atoms. The second kappa shape index (κ2) is 11.9. The third-order valence-corrected chi connectivity index (χ3v) is 6.31. The zero-order chi connectivity index (χ0) is 24.7. The van der Waals surface area contributed by atoms with Crippen LogP contribution in [-0.2, 0) is 9.59 Å². The van der Waals surface area contributed by atoms with Crippen molar-refractivity contribution in [3.8, 4) is 5.75 Å². The Balaban J connectivity index is 1.81. The third kappa shape index (κ3) is 5.89. The topological polar surface area (TPSA) is 87.7 Å². The number of amides is 3. The van der Waals surface area contributed by atoms with Crippen molar-refractivity contribution in [2.75, 3.05) is 25.5 Å². The molecule has 7 nitrogen and oxygen atoms in total. The van der Waals surface area contributed by atoms with E-state index in [-0.39, 0.29) is 35.2 Å². The van der Waals surface area contributed by atoms with Crippen LogP contribution in [0.2, 0.25) is 5.02 Å². The first kappa shape index (κ1) is 25.6. The van der Waals surface area contributed by atoms with E-state index >= 15 is 0 Å². The number of methoxy groups -OCH3 is 1. The summed E-state index contributed by atoms with van der Waals surface area (Å²) < 4.78 is 5.26. The van der Waals surface area contributed by atoms with Gasteiger partial charge < -0.3 is 20.3 Å². The first-order chi connectivity index (χ1) is 16.4. The molecule has 1 heterocycles. The number of nitrogens with zero attached hydrogens (tertiary/aromatic N) is 1. The zero-order valence-electron chi connectivity index (χ0n) is 19.9. The van der Waals surface area contributed by atoms with E-state index in [0.29, 0.717) is 30.1 Å². The summed E-state index contributed by atoms with van der Waals surface area (Å²) in [5.41, 5.74) is 1.73. The first-order valence-electron chi connectivity index (χ1n) is 11.7. The number of rotatable bonds is 10. The molecule has 182 valence electrons. The van der Waals surface area contributed by atoms with E-state index in [1.165, 1.54) is 0 Å². The lowest BCUT2D eigenvalue weighted by Crippen LogP contribution is -2.33. The average Bonchev–Trinajstić information content (AvgIpc) is 3.17. The maximum Gasteiger partial charge on any atom is 0.252 e. The second-order valence-electron chi connectivity index (χ2n) is 8.41. The fraction of sp³-hybridized carbons (Fsp3) is 0.423. The molecule has 1 aliphatic rings. The van der Waals surface area contributed by atoms with Gasteiger partial charge in [0.2, 0.25) is 11.8 Å². The van der Waals surface area contributed by atoms with Gasteiger partial charge in [-0.25, -0.2) is 0 Å². The number of ether oxygens (including phenoxy) is 1. The van der Waals surface area contributed by atoms with Crippen molar-refractivity contribution in [3.63, 3.8) is 0 Å². The van der Waals surface area contributed by atoms with Crippen molar-refractivity contribution >= 4 is 35.0 Å². The summed E-state index contributed by atoms with van der Waals surface area (Å²) in [6.07, 6.45) is 2.77. The highest BCUT2D eigenvalue weighted by molar-refractivity contribution is 6.34. The van der Waals surface area contributed by atoms with Crippen LogP contribution in [0.4, 0.5) is 5.69 Å². The molecule has 2 unspecified atom stereocenters. The standard InChI is InChI=1S/C26H32ClN3O4/c1-4-6-14-30-23(31)16-21(24(30)17-7-10-19(34-3)11-8-17)26(33)29-18-9-12-20(22(27)15-18)25(32)28-13-5-2/h7-12,15,21,24H,4-6,13-14,16H2,1-3H3,(H,28,32)(H,29,33). The molecular formula is C26H32ClN3O4. The molecule has 0 aliphatic carbocycles. The molecule has 2 aromatic rings. The Bertz CT molecular complexity index is 1030. The number of carbonyl (C=O) groups excluding carboxylic acids is 3. The Hall–Kier alpha value is -3.06. The van der Waals surface area contributed by atoms with Gasteiger partial charge in [0.1, 0.15) is 5.75 Å². The summed E-state index contributed by atoms with van der Waals surface area (Å²) in [5, 5.41) is 5.94. The average molecular weight is 486 g/mol. The van der Waals surface area contributed by atoms with Crippen molar-refractivity contribution in [1.29, 1.82) is 0 Å². The highest BCUT2D eigenvalue weighted by Gasteiger charge is 2.44. The fourth-order valence-electron chi connectivity index (χ4n) is 4.18. The quantitative estimate of drug-likeness (QED) is 0.505. The number of halogens is 1. The van der Waals surface area contributed by atoms with E-state index in [2.05, 4.69) is 17.6 Å². The van der Waals surface area contributed by atoms with Crippen molar-refractivity contribution < 1.29 is 19.1 Å². The SMILES string of the molecule is CCCCN1C(=O)CC(C(=O)Nc2ccc(C(=O)NCCC)c(Cl)c2)C1c1ccc(OC)cc1. The van der Waals surface area contributed by atoms with Gasteiger partial charge in [0, 0.05) is 25.2 Å². The normalized spacial score (nSPS) is 17.5. The van der Waals surface area contributed by atoms with Crippen molar-refractivity contribution in [1.82, 2.24) is 10.2 Å². The van der Waals surface area contributed by atoms with Gasteiger partial charge in [-0.1, -0.05) is 44.0 Å². The van der Waals surface area contributed by atoms with Gasteiger partial charge >= 0.3 is 0 Å². The summed E-state index contributed by atoms with van der Waals surface area (Å²) in [4.78, 5) is 40.2. The van der Waals surface area contributed by atoms with Gasteiger partial charge in [-0.15, -0.1) is 0 Å². The minimum Gasteiger partial charge on any atom is -0.497 e. The van der Waals surface area contributed by atoms with Crippen LogP contribution in [-0.4, -0.2) is 42.8 Å². The minimum atomic E-state index is -0.552. The summed E-state index contributed by atoms with van der Waals surface area (Å²) in [6, 6.07) is 11.9. The lowest BCUT2D eigenvalue weighted by molar-refractivity contribution is -0.129. The van der Waals surface area contributed by atoms with Gasteiger partial charge in [-0.2, -0.15) is 0 Å². The molecule has 2 atom stereocenters. The largest absolute Gasteiger partial charge is 0.497 e. The molecule has 1 aliphatic heterocycles. The van der Waals surface area contributed by atoms with Crippen molar-refractivity contribution in [2.45, 2.75) is 45.6 Å². The Morgan fingerprint density at radius 2 is 1.85 bits per heavy atom. The maximum atomic E-state index is 13.3. The summed E-state index contributed by atoms with van der Waals surface area (Å²) in [6.45, 7) is 5.20. The number of nitrogens with one attached hydrogen (secondary N) is 2. The molecule has 0 saturated carbocycles. The molecule has 0 aromatic heterocycles. The van der Waals surface area contributed by atoms with Crippen molar-refractivity contribution in [2.24, 2.45) is 5.92 Å². The van der Waals surface area contributed by atoms with Crippen LogP contribution in [0.3, 0.4) is 0 Å². The lowest BCUT2D eigenvalue weighted by atomic mass is 9.92. The smallest absolute Gasteiger partial charge is 0.252 e. The second-order valence-corrected chi connectivity index (χ2v) is 8.82. The van der Waals surface area contributed by atoms with Crippen LogP contribution >= 0.6 is 11.6 Å². The van der Waals surface area contributed by atoms with Crippen LogP contribution in [0.1, 0.15) is 61.5 Å². The fourth-order valence-corrected chi connectivity index (χ4v) is 4.44. The number of anilines is 1. The van der Waals surface area contributed by atoms with E-state index in [1.807, 2.05) is 36.1 Å². The molecule has 0 bridgehead atoms. The van der Waals surface area contributed by atoms with E-state index in [4.69, 9.17) is 16.3 Å². The van der Waals surface area contributed by atoms with Crippen LogP contribution < -0.4 is 15.4 Å². The number of hydrogen-bond acceptors (Lipinski definition) is 4. The lowest BCUT2D eigenvalue weighted by Gasteiger charge is -2.28. The van der Waals surface area contributed by atoms with Crippen molar-refractivity contribution in [3.05, 3.63) is 58.6 Å².